The van der Waals surface area contributed by atoms with Crippen molar-refractivity contribution in [1.29, 1.82) is 0 Å². The molecule has 0 heterocycles. The van der Waals surface area contributed by atoms with Crippen molar-refractivity contribution in [1.82, 2.24) is 5.32 Å². The van der Waals surface area contributed by atoms with Gasteiger partial charge in [-0.3, -0.25) is 0 Å². The summed E-state index contributed by atoms with van der Waals surface area (Å²) in [6, 6.07) is 0. The Morgan fingerprint density at radius 3 is 1.35 bits per heavy atom. The van der Waals surface area contributed by atoms with Gasteiger partial charge in [0.05, 0.1) is 24.6 Å². The van der Waals surface area contributed by atoms with E-state index in [-0.39, 0.29) is 17.0 Å². The Hall–Kier alpha value is 0.870. The second-order valence-electron chi connectivity index (χ2n) is 8.17. The van der Waals surface area contributed by atoms with Crippen molar-refractivity contribution in [3.8, 4) is 0 Å². The van der Waals surface area contributed by atoms with E-state index in [4.69, 9.17) is 0 Å². The van der Waals surface area contributed by atoms with Crippen molar-refractivity contribution >= 4 is 7.26 Å². The maximum atomic E-state index is 3.73. The lowest BCUT2D eigenvalue weighted by atomic mass is 10.1. The molecule has 0 aromatic rings. The minimum absolute atomic E-state index is 0. The molecule has 160 valence electrons. The number of halogens is 1. The fourth-order valence-electron chi connectivity index (χ4n) is 3.85. The predicted octanol–water partition coefficient (Wildman–Crippen LogP) is 4.75. The third-order valence-electron chi connectivity index (χ3n) is 5.65. The number of rotatable bonds is 20. The summed E-state index contributed by atoms with van der Waals surface area (Å²) in [5, 5.41) is 3.73. The molecule has 0 aromatic heterocycles. The van der Waals surface area contributed by atoms with E-state index in [1.807, 2.05) is 0 Å². The standard InChI is InChI=1S/C23H51NP.BrH/c1-5-9-13-14-15-16-18-24-19-17-23-25(20-10-6-2,21-11-7-3)22-12-8-4;/h24H,5-23H2,1-4H3;1H/q+1;/p-1. The van der Waals surface area contributed by atoms with Crippen LogP contribution in [0.25, 0.3) is 0 Å². The van der Waals surface area contributed by atoms with Crippen LogP contribution in [0, 0.1) is 0 Å². The van der Waals surface area contributed by atoms with Gasteiger partial charge in [0.15, 0.2) is 0 Å². The normalized spacial score (nSPS) is 11.5. The lowest BCUT2D eigenvalue weighted by Crippen LogP contribution is -3.00. The first-order valence-electron chi connectivity index (χ1n) is 11.8. The number of unbranched alkanes of at least 4 members (excludes halogenated alkanes) is 8. The minimum atomic E-state index is -0.660. The van der Waals surface area contributed by atoms with Crippen molar-refractivity contribution < 1.29 is 17.0 Å². The third kappa shape index (κ3) is 17.0. The molecule has 0 spiro atoms. The summed E-state index contributed by atoms with van der Waals surface area (Å²) in [6.45, 7) is 11.9. The van der Waals surface area contributed by atoms with Crippen molar-refractivity contribution in [2.45, 2.75) is 111 Å². The van der Waals surface area contributed by atoms with Gasteiger partial charge in [0.25, 0.3) is 0 Å². The van der Waals surface area contributed by atoms with Gasteiger partial charge in [0.1, 0.15) is 0 Å². The topological polar surface area (TPSA) is 12.0 Å². The highest BCUT2D eigenvalue weighted by Crippen LogP contribution is 2.61. The molecular formula is C23H51BrNP. The zero-order chi connectivity index (χ0) is 18.6. The first kappa shape index (κ1) is 29.1. The Morgan fingerprint density at radius 2 is 0.846 bits per heavy atom. The molecule has 0 amide bonds. The number of nitrogens with one attached hydrogen (secondary N) is 1. The second kappa shape index (κ2) is 22.2. The molecule has 0 saturated carbocycles. The Labute approximate surface area is 178 Å². The Bertz CT molecular complexity index is 239. The molecule has 0 aliphatic carbocycles. The van der Waals surface area contributed by atoms with Crippen LogP contribution >= 0.6 is 7.26 Å². The monoisotopic (exact) mass is 451 g/mol. The third-order valence-corrected chi connectivity index (χ3v) is 10.7. The molecule has 0 radical (unpaired) electrons. The molecule has 0 bridgehead atoms. The van der Waals surface area contributed by atoms with Gasteiger partial charge in [0, 0.05) is 7.26 Å². The summed E-state index contributed by atoms with van der Waals surface area (Å²) in [5.41, 5.74) is 0. The molecule has 0 fully saturated rings. The molecule has 0 aromatic carbocycles. The van der Waals surface area contributed by atoms with Gasteiger partial charge in [-0.25, -0.2) is 0 Å². The Kier molecular flexibility index (Phi) is 24.8. The van der Waals surface area contributed by atoms with Gasteiger partial charge in [-0.2, -0.15) is 0 Å². The second-order valence-corrected chi connectivity index (χ2v) is 12.6. The van der Waals surface area contributed by atoms with Gasteiger partial charge in [-0.1, -0.05) is 79.1 Å². The lowest BCUT2D eigenvalue weighted by molar-refractivity contribution is -0.00000579. The molecule has 1 N–H and O–H groups in total. The van der Waals surface area contributed by atoms with E-state index in [1.165, 1.54) is 96.6 Å². The van der Waals surface area contributed by atoms with E-state index in [1.54, 1.807) is 24.6 Å². The molecule has 0 unspecified atom stereocenters. The average Bonchev–Trinajstić information content (AvgIpc) is 2.64. The molecule has 0 rings (SSSR count). The largest absolute Gasteiger partial charge is 1.00 e. The summed E-state index contributed by atoms with van der Waals surface area (Å²) in [5.74, 6) is 0. The van der Waals surface area contributed by atoms with Crippen molar-refractivity contribution in [3.05, 3.63) is 0 Å². The first-order valence-corrected chi connectivity index (χ1v) is 14.3. The highest BCUT2D eigenvalue weighted by Gasteiger charge is 2.34. The Balaban J connectivity index is 0. The summed E-state index contributed by atoms with van der Waals surface area (Å²) < 4.78 is 0. The molecule has 26 heavy (non-hydrogen) atoms. The molecule has 1 nitrogen and oxygen atoms in total. The van der Waals surface area contributed by atoms with Crippen LogP contribution in [0.5, 0.6) is 0 Å². The van der Waals surface area contributed by atoms with E-state index in [0.717, 1.165) is 0 Å². The Morgan fingerprint density at radius 1 is 0.462 bits per heavy atom. The van der Waals surface area contributed by atoms with Crippen LogP contribution in [0.3, 0.4) is 0 Å². The average molecular weight is 453 g/mol. The van der Waals surface area contributed by atoms with E-state index >= 15 is 0 Å². The SMILES string of the molecule is CCCCCCCCNCCC[P+](CCCC)(CCCC)CCCC.[Br-]. The van der Waals surface area contributed by atoms with Crippen LogP contribution in [0.1, 0.15) is 111 Å². The van der Waals surface area contributed by atoms with Crippen molar-refractivity contribution in [2.24, 2.45) is 0 Å². The van der Waals surface area contributed by atoms with Gasteiger partial charge in [-0.05, 0) is 45.2 Å². The van der Waals surface area contributed by atoms with E-state index in [2.05, 4.69) is 33.0 Å². The highest BCUT2D eigenvalue weighted by atomic mass is 79.9. The van der Waals surface area contributed by atoms with E-state index < -0.39 is 7.26 Å². The van der Waals surface area contributed by atoms with Crippen LogP contribution in [0.2, 0.25) is 0 Å². The summed E-state index contributed by atoms with van der Waals surface area (Å²) in [4.78, 5) is 0. The summed E-state index contributed by atoms with van der Waals surface area (Å²) >= 11 is 0. The molecule has 0 aliphatic heterocycles. The van der Waals surface area contributed by atoms with Crippen LogP contribution in [0.15, 0.2) is 0 Å². The molecule has 0 saturated heterocycles. The van der Waals surface area contributed by atoms with Crippen molar-refractivity contribution in [2.75, 3.05) is 37.7 Å². The van der Waals surface area contributed by atoms with Crippen LogP contribution in [0.4, 0.5) is 0 Å². The maximum Gasteiger partial charge on any atom is 0.0606 e. The maximum absolute atomic E-state index is 3.73. The zero-order valence-electron chi connectivity index (χ0n) is 18.8. The molecule has 0 aliphatic rings. The van der Waals surface area contributed by atoms with Crippen LogP contribution < -0.4 is 22.3 Å². The minimum Gasteiger partial charge on any atom is -1.00 e. The first-order chi connectivity index (χ1) is 12.2. The van der Waals surface area contributed by atoms with Gasteiger partial charge in [0.2, 0.25) is 0 Å². The summed E-state index contributed by atoms with van der Waals surface area (Å²) in [6.07, 6.45) is 24.8. The molecule has 0 atom stereocenters. The summed E-state index contributed by atoms with van der Waals surface area (Å²) in [7, 11) is -0.660. The highest BCUT2D eigenvalue weighted by molar-refractivity contribution is 7.75. The van der Waals surface area contributed by atoms with Gasteiger partial charge >= 0.3 is 0 Å². The smallest absolute Gasteiger partial charge is 0.0606 e. The molecular weight excluding hydrogens is 401 g/mol. The predicted molar refractivity (Wildman–Crippen MR) is 122 cm³/mol. The van der Waals surface area contributed by atoms with Crippen LogP contribution in [-0.2, 0) is 0 Å². The van der Waals surface area contributed by atoms with Crippen molar-refractivity contribution in [3.63, 3.8) is 0 Å². The molecule has 3 heteroatoms. The van der Waals surface area contributed by atoms with Gasteiger partial charge in [-0.15, -0.1) is 0 Å². The van der Waals surface area contributed by atoms with Crippen LogP contribution in [-0.4, -0.2) is 37.7 Å². The lowest BCUT2D eigenvalue weighted by Gasteiger charge is -2.28. The van der Waals surface area contributed by atoms with E-state index in [9.17, 15) is 0 Å². The zero-order valence-corrected chi connectivity index (χ0v) is 21.2. The quantitative estimate of drug-likeness (QED) is 0.208. The number of hydrogen-bond donors (Lipinski definition) is 1. The van der Waals surface area contributed by atoms with E-state index in [0.29, 0.717) is 0 Å². The fourth-order valence-corrected chi connectivity index (χ4v) is 8.98. The fraction of sp³-hybridized carbons (Fsp3) is 1.00. The number of hydrogen-bond acceptors (Lipinski definition) is 1. The van der Waals surface area contributed by atoms with Gasteiger partial charge < -0.3 is 22.3 Å².